The summed E-state index contributed by atoms with van der Waals surface area (Å²) in [6.07, 6.45) is 3.46. The number of likely N-dealkylation sites (N-methyl/N-ethyl adjacent to an activating group) is 1. The van der Waals surface area contributed by atoms with Gasteiger partial charge in [0.25, 0.3) is 0 Å². The first-order valence-electron chi connectivity index (χ1n) is 8.07. The van der Waals surface area contributed by atoms with E-state index in [0.717, 1.165) is 31.9 Å². The number of piperazine rings is 1. The Morgan fingerprint density at radius 2 is 1.88 bits per heavy atom. The number of halogens is 1. The van der Waals surface area contributed by atoms with Crippen LogP contribution in [0.3, 0.4) is 0 Å². The van der Waals surface area contributed by atoms with E-state index in [4.69, 9.17) is 11.6 Å². The van der Waals surface area contributed by atoms with Gasteiger partial charge in [-0.3, -0.25) is 9.69 Å². The first-order valence-corrected chi connectivity index (χ1v) is 8.45. The molecule has 0 bridgehead atoms. The predicted octanol–water partition coefficient (Wildman–Crippen LogP) is 2.10. The molecule has 1 fully saturated rings. The van der Waals surface area contributed by atoms with Gasteiger partial charge in [0.05, 0.1) is 29.8 Å². The lowest BCUT2D eigenvalue weighted by Crippen LogP contribution is -2.51. The molecule has 0 saturated carbocycles. The third-order valence-corrected chi connectivity index (χ3v) is 4.66. The minimum atomic E-state index is -0.155. The van der Waals surface area contributed by atoms with Crippen molar-refractivity contribution >= 4 is 23.2 Å². The minimum absolute atomic E-state index is 0.00444. The lowest BCUT2D eigenvalue weighted by atomic mass is 10.2. The molecule has 128 valence electrons. The molecule has 3 rings (SSSR count). The van der Waals surface area contributed by atoms with Crippen LogP contribution in [0.15, 0.2) is 36.7 Å². The summed E-state index contributed by atoms with van der Waals surface area (Å²) in [5, 5.41) is 7.92. The summed E-state index contributed by atoms with van der Waals surface area (Å²) in [6, 6.07) is 7.23. The van der Waals surface area contributed by atoms with Gasteiger partial charge in [-0.25, -0.2) is 4.68 Å². The van der Waals surface area contributed by atoms with E-state index in [0.29, 0.717) is 10.7 Å². The van der Waals surface area contributed by atoms with Crippen LogP contribution >= 0.6 is 11.6 Å². The Morgan fingerprint density at radius 3 is 2.54 bits per heavy atom. The Morgan fingerprint density at radius 1 is 1.21 bits per heavy atom. The maximum atomic E-state index is 12.5. The Labute approximate surface area is 147 Å². The van der Waals surface area contributed by atoms with Crippen molar-refractivity contribution in [2.75, 3.05) is 38.5 Å². The van der Waals surface area contributed by atoms with Crippen LogP contribution in [0.4, 0.5) is 5.69 Å². The van der Waals surface area contributed by atoms with E-state index in [2.05, 4.69) is 27.3 Å². The average Bonchev–Trinajstić information content (AvgIpc) is 3.04. The minimum Gasteiger partial charge on any atom is -0.322 e. The molecule has 1 amide bonds. The van der Waals surface area contributed by atoms with Crippen LogP contribution < -0.4 is 5.32 Å². The number of benzene rings is 1. The highest BCUT2D eigenvalue weighted by molar-refractivity contribution is 6.30. The molecule has 2 aromatic rings. The van der Waals surface area contributed by atoms with Crippen molar-refractivity contribution in [3.8, 4) is 5.69 Å². The first kappa shape index (κ1) is 17.0. The van der Waals surface area contributed by atoms with Crippen LogP contribution in [0.2, 0.25) is 5.02 Å². The second-order valence-electron chi connectivity index (χ2n) is 6.15. The van der Waals surface area contributed by atoms with E-state index in [1.165, 1.54) is 0 Å². The van der Waals surface area contributed by atoms with Crippen molar-refractivity contribution in [1.29, 1.82) is 0 Å². The molecule has 1 aromatic heterocycles. The van der Waals surface area contributed by atoms with Crippen LogP contribution in [0.5, 0.6) is 0 Å². The summed E-state index contributed by atoms with van der Waals surface area (Å²) in [7, 11) is 2.10. The molecule has 2 heterocycles. The third-order valence-electron chi connectivity index (χ3n) is 4.41. The molecule has 0 spiro atoms. The van der Waals surface area contributed by atoms with Gasteiger partial charge in [0, 0.05) is 31.2 Å². The maximum absolute atomic E-state index is 12.5. The summed E-state index contributed by atoms with van der Waals surface area (Å²) in [5.74, 6) is -0.00444. The standard InChI is InChI=1S/C17H22ClN5O/c1-13(22-9-7-21(2)8-10-22)17(24)20-15-11-19-23(12-15)16-5-3-14(18)4-6-16/h3-6,11-13H,7-10H2,1-2H3,(H,20,24). The highest BCUT2D eigenvalue weighted by Crippen LogP contribution is 2.16. The molecular formula is C17H22ClN5O. The average molecular weight is 348 g/mol. The molecule has 0 radical (unpaired) electrons. The molecule has 7 heteroatoms. The molecule has 1 aliphatic rings. The summed E-state index contributed by atoms with van der Waals surface area (Å²) in [6.45, 7) is 5.76. The van der Waals surface area contributed by atoms with Gasteiger partial charge in [-0.05, 0) is 38.2 Å². The summed E-state index contributed by atoms with van der Waals surface area (Å²) >= 11 is 5.90. The number of hydrogen-bond acceptors (Lipinski definition) is 4. The number of nitrogens with one attached hydrogen (secondary N) is 1. The normalized spacial score (nSPS) is 17.6. The van der Waals surface area contributed by atoms with Gasteiger partial charge in [-0.1, -0.05) is 11.6 Å². The zero-order valence-corrected chi connectivity index (χ0v) is 14.7. The highest BCUT2D eigenvalue weighted by Gasteiger charge is 2.24. The van der Waals surface area contributed by atoms with Crippen LogP contribution in [0.1, 0.15) is 6.92 Å². The second kappa shape index (κ2) is 7.34. The fourth-order valence-corrected chi connectivity index (χ4v) is 2.87. The number of rotatable bonds is 4. The van der Waals surface area contributed by atoms with Crippen LogP contribution in [0.25, 0.3) is 5.69 Å². The molecule has 6 nitrogen and oxygen atoms in total. The maximum Gasteiger partial charge on any atom is 0.241 e. The molecule has 1 aliphatic heterocycles. The third kappa shape index (κ3) is 3.95. The van der Waals surface area contributed by atoms with E-state index >= 15 is 0 Å². The molecule has 1 saturated heterocycles. The number of carbonyl (C=O) groups is 1. The van der Waals surface area contributed by atoms with E-state index in [-0.39, 0.29) is 11.9 Å². The number of anilines is 1. The lowest BCUT2D eigenvalue weighted by Gasteiger charge is -2.35. The number of aromatic nitrogens is 2. The highest BCUT2D eigenvalue weighted by atomic mass is 35.5. The molecule has 1 unspecified atom stereocenters. The second-order valence-corrected chi connectivity index (χ2v) is 6.59. The summed E-state index contributed by atoms with van der Waals surface area (Å²) in [4.78, 5) is 16.9. The topological polar surface area (TPSA) is 53.4 Å². The Balaban J connectivity index is 1.61. The predicted molar refractivity (Wildman–Crippen MR) is 95.7 cm³/mol. The SMILES string of the molecule is CC(C(=O)Nc1cnn(-c2ccc(Cl)cc2)c1)N1CCN(C)CC1. The smallest absolute Gasteiger partial charge is 0.241 e. The number of amides is 1. The summed E-state index contributed by atoms with van der Waals surface area (Å²) < 4.78 is 1.71. The number of carbonyl (C=O) groups excluding carboxylic acids is 1. The van der Waals surface area contributed by atoms with Crippen LogP contribution in [0, 0.1) is 0 Å². The van der Waals surface area contributed by atoms with E-state index in [9.17, 15) is 4.79 Å². The van der Waals surface area contributed by atoms with Gasteiger partial charge in [-0.2, -0.15) is 5.10 Å². The molecule has 1 atom stereocenters. The molecule has 24 heavy (non-hydrogen) atoms. The van der Waals surface area contributed by atoms with Gasteiger partial charge in [0.15, 0.2) is 0 Å². The summed E-state index contributed by atoms with van der Waals surface area (Å²) in [5.41, 5.74) is 1.59. The van der Waals surface area contributed by atoms with E-state index in [1.807, 2.05) is 31.2 Å². The van der Waals surface area contributed by atoms with Gasteiger partial charge in [0.2, 0.25) is 5.91 Å². The van der Waals surface area contributed by atoms with Crippen molar-refractivity contribution in [3.05, 3.63) is 41.7 Å². The molecule has 1 N–H and O–H groups in total. The van der Waals surface area contributed by atoms with Gasteiger partial charge >= 0.3 is 0 Å². The molecule has 1 aromatic carbocycles. The first-order chi connectivity index (χ1) is 11.5. The lowest BCUT2D eigenvalue weighted by molar-refractivity contribution is -0.121. The van der Waals surface area contributed by atoms with Crippen molar-refractivity contribution in [3.63, 3.8) is 0 Å². The fourth-order valence-electron chi connectivity index (χ4n) is 2.74. The van der Waals surface area contributed by atoms with Gasteiger partial charge in [0.1, 0.15) is 0 Å². The van der Waals surface area contributed by atoms with Crippen molar-refractivity contribution in [1.82, 2.24) is 19.6 Å². The van der Waals surface area contributed by atoms with Crippen molar-refractivity contribution in [2.45, 2.75) is 13.0 Å². The van der Waals surface area contributed by atoms with Gasteiger partial charge in [-0.15, -0.1) is 0 Å². The largest absolute Gasteiger partial charge is 0.322 e. The van der Waals surface area contributed by atoms with Crippen LogP contribution in [-0.4, -0.2) is 64.8 Å². The van der Waals surface area contributed by atoms with Gasteiger partial charge < -0.3 is 10.2 Å². The zero-order valence-electron chi connectivity index (χ0n) is 13.9. The fraction of sp³-hybridized carbons (Fsp3) is 0.412. The zero-order chi connectivity index (χ0) is 17.1. The van der Waals surface area contributed by atoms with E-state index in [1.54, 1.807) is 17.1 Å². The quantitative estimate of drug-likeness (QED) is 0.920. The van der Waals surface area contributed by atoms with E-state index < -0.39 is 0 Å². The Bertz CT molecular complexity index is 691. The van der Waals surface area contributed by atoms with Crippen LogP contribution in [-0.2, 0) is 4.79 Å². The number of nitrogens with zero attached hydrogens (tertiary/aromatic N) is 4. The number of hydrogen-bond donors (Lipinski definition) is 1. The monoisotopic (exact) mass is 347 g/mol. The van der Waals surface area contributed by atoms with Crippen molar-refractivity contribution < 1.29 is 4.79 Å². The van der Waals surface area contributed by atoms with Crippen molar-refractivity contribution in [2.24, 2.45) is 0 Å². The molecule has 0 aliphatic carbocycles. The molecular weight excluding hydrogens is 326 g/mol. The Hall–Kier alpha value is -1.89. The Kier molecular flexibility index (Phi) is 5.18.